The van der Waals surface area contributed by atoms with Gasteiger partial charge in [0.05, 0.1) is 6.61 Å². The van der Waals surface area contributed by atoms with E-state index in [2.05, 4.69) is 23.8 Å². The first-order valence-electron chi connectivity index (χ1n) is 8.12. The van der Waals surface area contributed by atoms with Crippen molar-refractivity contribution in [2.75, 3.05) is 18.6 Å². The van der Waals surface area contributed by atoms with Crippen molar-refractivity contribution in [3.8, 4) is 6.01 Å². The van der Waals surface area contributed by atoms with Crippen LogP contribution in [0.5, 0.6) is 6.01 Å². The SMILES string of the molecule is CCOc1ncc(C(F)(F)F)c(N(C)c2ccccc2CC(C)C)n1. The Labute approximate surface area is 145 Å². The first-order valence-corrected chi connectivity index (χ1v) is 8.12. The van der Waals surface area contributed by atoms with Crippen LogP contribution in [0.2, 0.25) is 0 Å². The molecular formula is C18H22F3N3O. The van der Waals surface area contributed by atoms with Crippen LogP contribution in [0.25, 0.3) is 0 Å². The van der Waals surface area contributed by atoms with Crippen LogP contribution in [0, 0.1) is 5.92 Å². The van der Waals surface area contributed by atoms with Crippen LogP contribution in [0.3, 0.4) is 0 Å². The summed E-state index contributed by atoms with van der Waals surface area (Å²) in [6, 6.07) is 7.32. The molecule has 0 N–H and O–H groups in total. The molecule has 2 aromatic rings. The minimum Gasteiger partial charge on any atom is -0.464 e. The number of aromatic nitrogens is 2. The van der Waals surface area contributed by atoms with Crippen LogP contribution < -0.4 is 9.64 Å². The summed E-state index contributed by atoms with van der Waals surface area (Å²) < 4.78 is 45.4. The van der Waals surface area contributed by atoms with E-state index in [1.165, 1.54) is 4.90 Å². The third kappa shape index (κ3) is 4.61. The molecule has 25 heavy (non-hydrogen) atoms. The topological polar surface area (TPSA) is 38.2 Å². The number of rotatable bonds is 6. The Morgan fingerprint density at radius 1 is 1.20 bits per heavy atom. The maximum atomic E-state index is 13.4. The fourth-order valence-electron chi connectivity index (χ4n) is 2.58. The molecule has 1 aromatic heterocycles. The summed E-state index contributed by atoms with van der Waals surface area (Å²) in [7, 11) is 1.58. The number of benzene rings is 1. The van der Waals surface area contributed by atoms with Crippen molar-refractivity contribution in [1.29, 1.82) is 0 Å². The maximum absolute atomic E-state index is 13.4. The second-order valence-corrected chi connectivity index (χ2v) is 6.11. The van der Waals surface area contributed by atoms with Gasteiger partial charge < -0.3 is 9.64 Å². The predicted octanol–water partition coefficient (Wildman–Crippen LogP) is 4.86. The highest BCUT2D eigenvalue weighted by molar-refractivity contribution is 5.66. The molecular weight excluding hydrogens is 331 g/mol. The van der Waals surface area contributed by atoms with Gasteiger partial charge in [0, 0.05) is 18.9 Å². The fourth-order valence-corrected chi connectivity index (χ4v) is 2.58. The number of nitrogens with zero attached hydrogens (tertiary/aromatic N) is 3. The van der Waals surface area contributed by atoms with E-state index in [4.69, 9.17) is 4.74 Å². The molecule has 0 spiro atoms. The lowest BCUT2D eigenvalue weighted by Gasteiger charge is -2.25. The van der Waals surface area contributed by atoms with Crippen molar-refractivity contribution in [1.82, 2.24) is 9.97 Å². The number of halogens is 3. The van der Waals surface area contributed by atoms with Gasteiger partial charge in [-0.15, -0.1) is 0 Å². The summed E-state index contributed by atoms with van der Waals surface area (Å²) in [4.78, 5) is 9.11. The lowest BCUT2D eigenvalue weighted by atomic mass is 10.0. The van der Waals surface area contributed by atoms with Gasteiger partial charge in [0.2, 0.25) is 0 Å². The van der Waals surface area contributed by atoms with E-state index >= 15 is 0 Å². The van der Waals surface area contributed by atoms with E-state index in [1.54, 1.807) is 26.1 Å². The Morgan fingerprint density at radius 2 is 1.88 bits per heavy atom. The van der Waals surface area contributed by atoms with E-state index in [9.17, 15) is 13.2 Å². The summed E-state index contributed by atoms with van der Waals surface area (Å²) in [5.41, 5.74) is 0.755. The van der Waals surface area contributed by atoms with E-state index in [0.29, 0.717) is 11.6 Å². The normalized spacial score (nSPS) is 11.7. The molecule has 136 valence electrons. The standard InChI is InChI=1S/C18H22F3N3O/c1-5-25-17-22-11-14(18(19,20)21)16(23-17)24(4)15-9-7-6-8-13(15)10-12(2)3/h6-9,11-12H,5,10H2,1-4H3. The van der Waals surface area contributed by atoms with Crippen LogP contribution in [0.4, 0.5) is 24.7 Å². The Bertz CT molecular complexity index is 717. The number of hydrogen-bond acceptors (Lipinski definition) is 4. The summed E-state index contributed by atoms with van der Waals surface area (Å²) >= 11 is 0. The van der Waals surface area contributed by atoms with Crippen LogP contribution in [0.1, 0.15) is 31.9 Å². The van der Waals surface area contributed by atoms with E-state index in [1.807, 2.05) is 12.1 Å². The van der Waals surface area contributed by atoms with Crippen LogP contribution in [-0.4, -0.2) is 23.6 Å². The van der Waals surface area contributed by atoms with E-state index in [0.717, 1.165) is 18.2 Å². The van der Waals surface area contributed by atoms with Gasteiger partial charge in [0.1, 0.15) is 5.56 Å². The molecule has 0 saturated carbocycles. The van der Waals surface area contributed by atoms with Crippen molar-refractivity contribution in [3.63, 3.8) is 0 Å². The van der Waals surface area contributed by atoms with E-state index < -0.39 is 11.7 Å². The monoisotopic (exact) mass is 353 g/mol. The molecule has 0 saturated heterocycles. The van der Waals surface area contributed by atoms with Crippen molar-refractivity contribution >= 4 is 11.5 Å². The van der Waals surface area contributed by atoms with Gasteiger partial charge in [0.25, 0.3) is 0 Å². The molecule has 4 nitrogen and oxygen atoms in total. The molecule has 0 aliphatic carbocycles. The summed E-state index contributed by atoms with van der Waals surface area (Å²) in [6.45, 7) is 6.13. The molecule has 1 heterocycles. The van der Waals surface area contributed by atoms with Gasteiger partial charge in [-0.05, 0) is 30.9 Å². The molecule has 0 unspecified atom stereocenters. The van der Waals surface area contributed by atoms with Crippen molar-refractivity contribution in [3.05, 3.63) is 41.6 Å². The average molecular weight is 353 g/mol. The highest BCUT2D eigenvalue weighted by Gasteiger charge is 2.37. The Balaban J connectivity index is 2.54. The zero-order valence-electron chi connectivity index (χ0n) is 14.8. The maximum Gasteiger partial charge on any atom is 0.421 e. The second kappa shape index (κ2) is 7.72. The third-order valence-corrected chi connectivity index (χ3v) is 3.62. The van der Waals surface area contributed by atoms with Crippen molar-refractivity contribution in [2.24, 2.45) is 5.92 Å². The lowest BCUT2D eigenvalue weighted by Crippen LogP contribution is -2.20. The fraction of sp³-hybridized carbons (Fsp3) is 0.444. The van der Waals surface area contributed by atoms with Gasteiger partial charge in [-0.25, -0.2) is 4.98 Å². The molecule has 0 aliphatic rings. The number of para-hydroxylation sites is 1. The number of ether oxygens (including phenoxy) is 1. The second-order valence-electron chi connectivity index (χ2n) is 6.11. The Kier molecular flexibility index (Phi) is 5.87. The minimum atomic E-state index is -4.55. The molecule has 0 radical (unpaired) electrons. The number of anilines is 2. The summed E-state index contributed by atoms with van der Waals surface area (Å²) in [5.74, 6) is 0.156. The summed E-state index contributed by atoms with van der Waals surface area (Å²) in [6.07, 6.45) is -3.03. The smallest absolute Gasteiger partial charge is 0.421 e. The zero-order chi connectivity index (χ0) is 18.6. The van der Waals surface area contributed by atoms with Crippen molar-refractivity contribution in [2.45, 2.75) is 33.4 Å². The van der Waals surface area contributed by atoms with Gasteiger partial charge in [-0.2, -0.15) is 18.2 Å². The van der Waals surface area contributed by atoms with Gasteiger partial charge in [0.15, 0.2) is 5.82 Å². The average Bonchev–Trinajstić information content (AvgIpc) is 2.53. The molecule has 0 atom stereocenters. The molecule has 7 heteroatoms. The molecule has 0 amide bonds. The van der Waals surface area contributed by atoms with Crippen molar-refractivity contribution < 1.29 is 17.9 Å². The quantitative estimate of drug-likeness (QED) is 0.743. The molecule has 0 aliphatic heterocycles. The molecule has 0 fully saturated rings. The zero-order valence-corrected chi connectivity index (χ0v) is 14.8. The van der Waals surface area contributed by atoms with Gasteiger partial charge in [-0.1, -0.05) is 32.0 Å². The Morgan fingerprint density at radius 3 is 2.48 bits per heavy atom. The first kappa shape index (κ1) is 19.0. The summed E-state index contributed by atoms with van der Waals surface area (Å²) in [5, 5.41) is 0. The largest absolute Gasteiger partial charge is 0.464 e. The van der Waals surface area contributed by atoms with Crippen LogP contribution in [0.15, 0.2) is 30.5 Å². The third-order valence-electron chi connectivity index (χ3n) is 3.62. The Hall–Kier alpha value is -2.31. The van der Waals surface area contributed by atoms with Crippen LogP contribution in [-0.2, 0) is 12.6 Å². The van der Waals surface area contributed by atoms with E-state index in [-0.39, 0.29) is 18.4 Å². The molecule has 2 rings (SSSR count). The number of hydrogen-bond donors (Lipinski definition) is 0. The lowest BCUT2D eigenvalue weighted by molar-refractivity contribution is -0.137. The first-order chi connectivity index (χ1) is 11.7. The predicted molar refractivity (Wildman–Crippen MR) is 91.3 cm³/mol. The molecule has 0 bridgehead atoms. The van der Waals surface area contributed by atoms with Gasteiger partial charge in [-0.3, -0.25) is 0 Å². The minimum absolute atomic E-state index is 0.0707. The van der Waals surface area contributed by atoms with Gasteiger partial charge >= 0.3 is 12.2 Å². The molecule has 1 aromatic carbocycles. The highest BCUT2D eigenvalue weighted by Crippen LogP contribution is 2.38. The number of alkyl halides is 3. The highest BCUT2D eigenvalue weighted by atomic mass is 19.4. The van der Waals surface area contributed by atoms with Crippen LogP contribution >= 0.6 is 0 Å².